The summed E-state index contributed by atoms with van der Waals surface area (Å²) in [6.07, 6.45) is 0. The van der Waals surface area contributed by atoms with Crippen LogP contribution in [0.3, 0.4) is 0 Å². The summed E-state index contributed by atoms with van der Waals surface area (Å²) in [7, 11) is -2.39. The van der Waals surface area contributed by atoms with Crippen LogP contribution in [-0.2, 0) is 9.84 Å². The van der Waals surface area contributed by atoms with Crippen LogP contribution in [0.1, 0.15) is 11.1 Å². The Morgan fingerprint density at radius 2 is 1.55 bits per heavy atom. The number of fused-ring (bicyclic) bond motifs is 2. The van der Waals surface area contributed by atoms with E-state index in [9.17, 15) is 8.42 Å². The van der Waals surface area contributed by atoms with Gasteiger partial charge in [-0.1, -0.05) is 18.2 Å². The molecule has 166 valence electrons. The van der Waals surface area contributed by atoms with Gasteiger partial charge in [-0.3, -0.25) is 4.57 Å². The molecule has 0 aliphatic rings. The van der Waals surface area contributed by atoms with Gasteiger partial charge in [0, 0.05) is 5.69 Å². The molecule has 3 aromatic carbocycles. The van der Waals surface area contributed by atoms with Gasteiger partial charge < -0.3 is 10.5 Å². The van der Waals surface area contributed by atoms with E-state index in [0.29, 0.717) is 28.1 Å². The maximum absolute atomic E-state index is 13.8. The second kappa shape index (κ2) is 7.60. The average molecular weight is 459 g/mol. The van der Waals surface area contributed by atoms with Crippen LogP contribution in [-0.4, -0.2) is 30.1 Å². The van der Waals surface area contributed by atoms with Crippen molar-refractivity contribution in [2.24, 2.45) is 0 Å². The van der Waals surface area contributed by atoms with Crippen molar-refractivity contribution in [3.63, 3.8) is 0 Å². The molecule has 0 amide bonds. The van der Waals surface area contributed by atoms with Gasteiger partial charge in [-0.05, 0) is 73.5 Å². The van der Waals surface area contributed by atoms with Crippen molar-refractivity contribution in [2.75, 3.05) is 12.8 Å². The van der Waals surface area contributed by atoms with Crippen LogP contribution in [0, 0.1) is 13.8 Å². The highest BCUT2D eigenvalue weighted by atomic mass is 32.2. The lowest BCUT2D eigenvalue weighted by molar-refractivity contribution is 0.415. The van der Waals surface area contributed by atoms with Crippen molar-refractivity contribution in [3.05, 3.63) is 77.9 Å². The number of nitrogens with two attached hydrogens (primary N) is 1. The van der Waals surface area contributed by atoms with Crippen LogP contribution in [0.5, 0.6) is 5.75 Å². The number of methoxy groups -OCH3 is 1. The molecule has 0 aliphatic carbocycles. The summed E-state index contributed by atoms with van der Waals surface area (Å²) >= 11 is 0. The molecule has 8 heteroatoms. The van der Waals surface area contributed by atoms with E-state index >= 15 is 0 Å². The van der Waals surface area contributed by atoms with E-state index in [4.69, 9.17) is 15.5 Å². The minimum absolute atomic E-state index is 0.0465. The first-order valence-corrected chi connectivity index (χ1v) is 11.8. The Balaban J connectivity index is 1.87. The van der Waals surface area contributed by atoms with Gasteiger partial charge in [0.25, 0.3) is 0 Å². The number of ether oxygens (including phenoxy) is 1. The minimum Gasteiger partial charge on any atom is -0.497 e. The van der Waals surface area contributed by atoms with Crippen LogP contribution in [0.15, 0.2) is 76.5 Å². The fourth-order valence-corrected chi connectivity index (χ4v) is 5.47. The highest BCUT2D eigenvalue weighted by Gasteiger charge is 2.31. The molecule has 5 aromatic rings. The molecule has 2 aromatic heterocycles. The van der Waals surface area contributed by atoms with Crippen LogP contribution in [0.2, 0.25) is 0 Å². The summed E-state index contributed by atoms with van der Waals surface area (Å²) in [5, 5.41) is 0. The number of hydrogen-bond acceptors (Lipinski definition) is 6. The monoisotopic (exact) mass is 458 g/mol. The molecule has 0 saturated heterocycles. The predicted molar refractivity (Wildman–Crippen MR) is 129 cm³/mol. The van der Waals surface area contributed by atoms with Gasteiger partial charge in [-0.15, -0.1) is 0 Å². The highest BCUT2D eigenvalue weighted by molar-refractivity contribution is 7.92. The average Bonchev–Trinajstić information content (AvgIpc) is 3.10. The Kier molecular flexibility index (Phi) is 4.83. The largest absolute Gasteiger partial charge is 0.497 e. The number of nitrogen functional groups attached to an aromatic ring is 1. The normalized spacial score (nSPS) is 11.8. The molecule has 7 nitrogen and oxygen atoms in total. The van der Waals surface area contributed by atoms with Gasteiger partial charge in [-0.25, -0.2) is 18.4 Å². The first kappa shape index (κ1) is 21.0. The Morgan fingerprint density at radius 3 is 2.18 bits per heavy atom. The smallest absolute Gasteiger partial charge is 0.212 e. The van der Waals surface area contributed by atoms with Crippen LogP contribution >= 0.6 is 0 Å². The molecular formula is C25H22N4O3S. The number of para-hydroxylation sites is 2. The van der Waals surface area contributed by atoms with Gasteiger partial charge in [0.05, 0.1) is 23.0 Å². The summed E-state index contributed by atoms with van der Waals surface area (Å²) < 4.78 is 34.5. The molecule has 0 saturated carbocycles. The maximum Gasteiger partial charge on any atom is 0.212 e. The second-order valence-electron chi connectivity index (χ2n) is 7.88. The number of hydrogen-bond donors (Lipinski definition) is 1. The molecule has 2 heterocycles. The third-order valence-electron chi connectivity index (χ3n) is 5.84. The molecular weight excluding hydrogens is 436 g/mol. The van der Waals surface area contributed by atoms with Crippen molar-refractivity contribution >= 4 is 37.9 Å². The molecule has 0 atom stereocenters. The summed E-state index contributed by atoms with van der Waals surface area (Å²) in [6.45, 7) is 3.82. The number of sulfone groups is 1. The molecule has 0 bridgehead atoms. The molecule has 0 aliphatic heterocycles. The zero-order valence-electron chi connectivity index (χ0n) is 18.4. The van der Waals surface area contributed by atoms with E-state index in [-0.39, 0.29) is 21.1 Å². The number of nitrogens with zero attached hydrogens (tertiary/aromatic N) is 3. The van der Waals surface area contributed by atoms with Gasteiger partial charge in [0.15, 0.2) is 5.65 Å². The summed E-state index contributed by atoms with van der Waals surface area (Å²) in [5.41, 5.74) is 10.9. The predicted octanol–water partition coefficient (Wildman–Crippen LogP) is 4.61. The fourth-order valence-electron chi connectivity index (χ4n) is 3.89. The standard InChI is InChI=1S/C25H22N4O3S/c1-15-8-13-19(14-16(15)2)33(30,31)23-22-25(28-21-7-5-4-6-20(21)27-22)29(24(23)26)17-9-11-18(32-3)12-10-17/h4-14H,26H2,1-3H3. The molecule has 0 fully saturated rings. The lowest BCUT2D eigenvalue weighted by atomic mass is 10.1. The lowest BCUT2D eigenvalue weighted by Crippen LogP contribution is -2.08. The van der Waals surface area contributed by atoms with Crippen LogP contribution in [0.4, 0.5) is 5.82 Å². The third-order valence-corrected chi connectivity index (χ3v) is 7.66. The van der Waals surface area contributed by atoms with E-state index in [0.717, 1.165) is 11.1 Å². The van der Waals surface area contributed by atoms with Crippen LogP contribution in [0.25, 0.3) is 27.9 Å². The second-order valence-corrected chi connectivity index (χ2v) is 9.77. The zero-order chi connectivity index (χ0) is 23.3. The summed E-state index contributed by atoms with van der Waals surface area (Å²) in [6, 6.07) is 19.6. The number of anilines is 1. The van der Waals surface area contributed by atoms with E-state index in [2.05, 4.69) is 4.98 Å². The first-order valence-electron chi connectivity index (χ1n) is 10.3. The SMILES string of the molecule is COc1ccc(-n2c(N)c(S(=O)(=O)c3ccc(C)c(C)c3)c3nc4ccccc4nc32)cc1. The zero-order valence-corrected chi connectivity index (χ0v) is 19.2. The number of rotatable bonds is 4. The Labute approximate surface area is 191 Å². The van der Waals surface area contributed by atoms with E-state index < -0.39 is 9.84 Å². The number of aryl methyl sites for hydroxylation is 2. The Bertz CT molecular complexity index is 1640. The fraction of sp³-hybridized carbons (Fsp3) is 0.120. The highest BCUT2D eigenvalue weighted by Crippen LogP contribution is 2.37. The summed E-state index contributed by atoms with van der Waals surface area (Å²) in [5.74, 6) is 0.733. The van der Waals surface area contributed by atoms with Gasteiger partial charge >= 0.3 is 0 Å². The molecule has 0 radical (unpaired) electrons. The third kappa shape index (κ3) is 3.30. The minimum atomic E-state index is -3.98. The van der Waals surface area contributed by atoms with Crippen molar-refractivity contribution < 1.29 is 13.2 Å². The van der Waals surface area contributed by atoms with Crippen molar-refractivity contribution in [1.82, 2.24) is 14.5 Å². The Hall–Kier alpha value is -3.91. The van der Waals surface area contributed by atoms with Crippen molar-refractivity contribution in [1.29, 1.82) is 0 Å². The first-order chi connectivity index (χ1) is 15.8. The van der Waals surface area contributed by atoms with Gasteiger partial charge in [0.2, 0.25) is 9.84 Å². The molecule has 5 rings (SSSR count). The molecule has 0 spiro atoms. The van der Waals surface area contributed by atoms with Crippen LogP contribution < -0.4 is 10.5 Å². The van der Waals surface area contributed by atoms with Crippen molar-refractivity contribution in [3.8, 4) is 11.4 Å². The lowest BCUT2D eigenvalue weighted by Gasteiger charge is -2.10. The molecule has 0 unspecified atom stereocenters. The van der Waals surface area contributed by atoms with E-state index in [1.54, 1.807) is 60.2 Å². The number of aromatic nitrogens is 3. The maximum atomic E-state index is 13.8. The molecule has 2 N–H and O–H groups in total. The van der Waals surface area contributed by atoms with E-state index in [1.807, 2.05) is 32.0 Å². The topological polar surface area (TPSA) is 100 Å². The van der Waals surface area contributed by atoms with Gasteiger partial charge in [-0.2, -0.15) is 0 Å². The van der Waals surface area contributed by atoms with Gasteiger partial charge in [0.1, 0.15) is 22.0 Å². The number of benzene rings is 3. The quantitative estimate of drug-likeness (QED) is 0.422. The van der Waals surface area contributed by atoms with Crippen molar-refractivity contribution in [2.45, 2.75) is 23.6 Å². The Morgan fingerprint density at radius 1 is 0.879 bits per heavy atom. The summed E-state index contributed by atoms with van der Waals surface area (Å²) in [4.78, 5) is 9.55. The van der Waals surface area contributed by atoms with E-state index in [1.165, 1.54) is 0 Å². The molecule has 33 heavy (non-hydrogen) atoms.